The van der Waals surface area contributed by atoms with Gasteiger partial charge < -0.3 is 50.7 Å². The van der Waals surface area contributed by atoms with Crippen LogP contribution in [0.4, 0.5) is 0 Å². The number of ether oxygens (including phenoxy) is 2. The number of fused-ring (bicyclic) bond motifs is 2. The largest absolute Gasteiger partial charge is 0.511 e. The van der Waals surface area contributed by atoms with Crippen molar-refractivity contribution in [3.8, 4) is 5.75 Å². The molecule has 12 nitrogen and oxygen atoms in total. The summed E-state index contributed by atoms with van der Waals surface area (Å²) in [6.45, 7) is -0.107. The minimum Gasteiger partial charge on any atom is -0.511 e. The normalized spacial score (nSPS) is 42.3. The molecule has 0 aromatic heterocycles. The van der Waals surface area contributed by atoms with E-state index in [-0.39, 0.29) is 70.9 Å². The number of Topliss-reactive ketones (excluding diaryl/α,β-unsaturated/α-hetero) is 2. The molecule has 11 bridgehead atoms. The van der Waals surface area contributed by atoms with Crippen LogP contribution in [0.2, 0.25) is 0 Å². The zero-order valence-corrected chi connectivity index (χ0v) is 35.9. The molecule has 4 saturated carbocycles. The van der Waals surface area contributed by atoms with E-state index in [0.717, 1.165) is 55.5 Å². The zero-order valence-electron chi connectivity index (χ0n) is 34.2. The Morgan fingerprint density at radius 2 is 1.77 bits per heavy atom. The van der Waals surface area contributed by atoms with Crippen LogP contribution >= 0.6 is 21.6 Å². The number of hydrogen-bond donors (Lipinski definition) is 8. The lowest BCUT2D eigenvalue weighted by Crippen LogP contribution is -2.81. The second kappa shape index (κ2) is 14.0. The van der Waals surface area contributed by atoms with E-state index in [2.05, 4.69) is 10.6 Å². The topological polar surface area (TPSA) is 198 Å². The number of aliphatic hydroxyl groups is 6. The molecule has 2 aromatic rings. The molecular formula is C48H52N2O10S2. The third-order valence-electron chi connectivity index (χ3n) is 17.2. The van der Waals surface area contributed by atoms with E-state index >= 15 is 4.79 Å². The minimum atomic E-state index is -2.17. The highest BCUT2D eigenvalue weighted by atomic mass is 33.1. The van der Waals surface area contributed by atoms with Gasteiger partial charge in [0.25, 0.3) is 0 Å². The lowest BCUT2D eigenvalue weighted by Gasteiger charge is -2.67. The van der Waals surface area contributed by atoms with Crippen LogP contribution in [0.3, 0.4) is 0 Å². The van der Waals surface area contributed by atoms with Crippen molar-refractivity contribution in [3.63, 3.8) is 0 Å². The first-order valence-electron chi connectivity index (χ1n) is 22.2. The average molecular weight is 881 g/mol. The second-order valence-electron chi connectivity index (χ2n) is 19.7. The average Bonchev–Trinajstić information content (AvgIpc) is 3.51. The molecule has 3 heterocycles. The van der Waals surface area contributed by atoms with Gasteiger partial charge in [-0.2, -0.15) is 0 Å². The summed E-state index contributed by atoms with van der Waals surface area (Å²) in [5.74, 6) is -0.790. The number of carbonyl (C=O) groups excluding carboxylic acids is 2. The molecule has 13 atom stereocenters. The first-order chi connectivity index (χ1) is 30.0. The summed E-state index contributed by atoms with van der Waals surface area (Å²) in [4.78, 5) is 30.3. The number of ketones is 2. The van der Waals surface area contributed by atoms with Crippen LogP contribution in [0.25, 0.3) is 0 Å². The number of dihydropyridines is 1. The van der Waals surface area contributed by atoms with Crippen LogP contribution in [0.5, 0.6) is 5.75 Å². The summed E-state index contributed by atoms with van der Waals surface area (Å²) in [6.07, 6.45) is 4.39. The summed E-state index contributed by atoms with van der Waals surface area (Å²) in [5.41, 5.74) is 0.147. The maximum Gasteiger partial charge on any atom is 0.229 e. The van der Waals surface area contributed by atoms with E-state index in [1.165, 1.54) is 44.4 Å². The molecule has 0 radical (unpaired) electrons. The molecule has 8 N–H and O–H groups in total. The van der Waals surface area contributed by atoms with Gasteiger partial charge in [0.1, 0.15) is 46.2 Å². The van der Waals surface area contributed by atoms with E-state index in [4.69, 9.17) is 9.47 Å². The Morgan fingerprint density at radius 3 is 2.61 bits per heavy atom. The smallest absolute Gasteiger partial charge is 0.229 e. The molecule has 326 valence electrons. The molecule has 62 heavy (non-hydrogen) atoms. The standard InChI is InChI=1S/C48H52N2O10S2/c51-19-24-4-1-3-23(11-24)12-25-13-33-38(54)30-5-2-6-34-36(30)40(55)46(33,35(53)14-25)21-61-62-22-50-42-31-10-9-28-7-8-29-16-26-15-27-17-45(20-52)44(57)48(58,41(56)43(59-34)60-45)39(27)47(28,29)37(31)32(26)18-49-42/h1-6,11,13-14,26-29,33,39,41,43-44,49-53,56-58H,7-10,12,15-22H2. The monoisotopic (exact) mass is 880 g/mol. The summed E-state index contributed by atoms with van der Waals surface area (Å²) in [7, 11) is 2.92. The van der Waals surface area contributed by atoms with E-state index in [1.807, 2.05) is 24.3 Å². The molecule has 13 rings (SSSR count). The Balaban J connectivity index is 1.02. The number of rotatable bonds is 4. The van der Waals surface area contributed by atoms with E-state index in [9.17, 15) is 35.4 Å². The van der Waals surface area contributed by atoms with Gasteiger partial charge in [0.2, 0.25) is 6.29 Å². The van der Waals surface area contributed by atoms with Gasteiger partial charge in [0.05, 0.1) is 30.6 Å². The van der Waals surface area contributed by atoms with Crippen molar-refractivity contribution >= 4 is 33.2 Å². The Hall–Kier alpha value is -3.60. The summed E-state index contributed by atoms with van der Waals surface area (Å²) < 4.78 is 13.2. The van der Waals surface area contributed by atoms with Gasteiger partial charge in [0.15, 0.2) is 11.6 Å². The van der Waals surface area contributed by atoms with Crippen molar-refractivity contribution in [2.45, 2.75) is 87.7 Å². The van der Waals surface area contributed by atoms with E-state index in [0.29, 0.717) is 24.4 Å². The molecule has 5 fully saturated rings. The number of benzene rings is 2. The van der Waals surface area contributed by atoms with Crippen LogP contribution < -0.4 is 15.4 Å². The lowest BCUT2D eigenvalue weighted by molar-refractivity contribution is -0.394. The number of carbonyl (C=O) groups is 2. The fraction of sp³-hybridized carbons (Fsp3) is 0.542. The fourth-order valence-electron chi connectivity index (χ4n) is 15.0. The number of hydrogen-bond acceptors (Lipinski definition) is 14. The SMILES string of the molecule is O=C1c2cccc3c2C(=O)C2(CSSCNC4=C5CCC6CCC7CC8CC9CC%10(CO)OC(O3)C(O)C(O)(C%10O)C9C67C5=C8CN4)C(O)=CC(Cc3cccc(CO)c3)=CC12. The fourth-order valence-corrected chi connectivity index (χ4v) is 17.2. The first-order valence-corrected chi connectivity index (χ1v) is 24.7. The summed E-state index contributed by atoms with van der Waals surface area (Å²) in [5, 5.41) is 79.6. The van der Waals surface area contributed by atoms with Gasteiger partial charge in [-0.3, -0.25) is 9.59 Å². The third kappa shape index (κ3) is 5.04. The lowest BCUT2D eigenvalue weighted by atomic mass is 9.42. The van der Waals surface area contributed by atoms with Crippen LogP contribution in [0.1, 0.15) is 76.8 Å². The second-order valence-corrected chi connectivity index (χ2v) is 22.1. The van der Waals surface area contributed by atoms with Crippen molar-refractivity contribution in [1.29, 1.82) is 0 Å². The van der Waals surface area contributed by atoms with E-state index < -0.39 is 64.8 Å². The molecule has 13 unspecified atom stereocenters. The molecule has 2 aromatic carbocycles. The van der Waals surface area contributed by atoms with Crippen molar-refractivity contribution in [2.24, 2.45) is 46.3 Å². The zero-order chi connectivity index (χ0) is 42.5. The van der Waals surface area contributed by atoms with Gasteiger partial charge in [-0.15, -0.1) is 0 Å². The molecule has 2 spiro atoms. The summed E-state index contributed by atoms with van der Waals surface area (Å²) in [6, 6.07) is 12.2. The molecular weight excluding hydrogens is 829 g/mol. The van der Waals surface area contributed by atoms with Gasteiger partial charge in [0, 0.05) is 29.2 Å². The summed E-state index contributed by atoms with van der Waals surface area (Å²) >= 11 is 0. The van der Waals surface area contributed by atoms with Gasteiger partial charge in [-0.05, 0) is 121 Å². The molecule has 0 amide bonds. The first kappa shape index (κ1) is 40.0. The van der Waals surface area contributed by atoms with Crippen LogP contribution in [0, 0.1) is 46.3 Å². The number of aliphatic hydroxyl groups excluding tert-OH is 5. The maximum atomic E-state index is 15.4. The quantitative estimate of drug-likeness (QED) is 0.198. The Kier molecular flexibility index (Phi) is 8.99. The van der Waals surface area contributed by atoms with Gasteiger partial charge in [-0.25, -0.2) is 0 Å². The van der Waals surface area contributed by atoms with Crippen LogP contribution in [-0.2, 0) is 17.8 Å². The van der Waals surface area contributed by atoms with Gasteiger partial charge in [-0.1, -0.05) is 64.1 Å². The molecule has 8 aliphatic carbocycles. The van der Waals surface area contributed by atoms with Crippen molar-refractivity contribution in [1.82, 2.24) is 10.6 Å². The molecule has 1 saturated heterocycles. The Morgan fingerprint density at radius 1 is 0.952 bits per heavy atom. The minimum absolute atomic E-state index is 0.0508. The van der Waals surface area contributed by atoms with Crippen molar-refractivity contribution in [3.05, 3.63) is 111 Å². The predicted octanol–water partition coefficient (Wildman–Crippen LogP) is 4.62. The molecule has 14 heteroatoms. The molecule has 3 aliphatic heterocycles. The van der Waals surface area contributed by atoms with Crippen LogP contribution in [0.15, 0.2) is 88.5 Å². The van der Waals surface area contributed by atoms with Crippen molar-refractivity contribution in [2.75, 3.05) is 24.8 Å². The van der Waals surface area contributed by atoms with E-state index in [1.54, 1.807) is 24.3 Å². The maximum absolute atomic E-state index is 15.4. The Bertz CT molecular complexity index is 2450. The highest BCUT2D eigenvalue weighted by Gasteiger charge is 2.78. The number of allylic oxidation sites excluding steroid dienone is 6. The van der Waals surface area contributed by atoms with Gasteiger partial charge >= 0.3 is 0 Å². The highest BCUT2D eigenvalue weighted by molar-refractivity contribution is 8.76. The molecule has 11 aliphatic rings. The third-order valence-corrected chi connectivity index (χ3v) is 19.4. The highest BCUT2D eigenvalue weighted by Crippen LogP contribution is 2.76. The van der Waals surface area contributed by atoms with Crippen LogP contribution in [-0.4, -0.2) is 96.7 Å². The Labute approximate surface area is 367 Å². The predicted molar refractivity (Wildman–Crippen MR) is 230 cm³/mol. The number of nitrogens with one attached hydrogen (secondary N) is 2. The van der Waals surface area contributed by atoms with Crippen molar-refractivity contribution < 1.29 is 49.7 Å².